The summed E-state index contributed by atoms with van der Waals surface area (Å²) in [6, 6.07) is 26.1. The first-order valence-corrected chi connectivity index (χ1v) is 10.0. The quantitative estimate of drug-likeness (QED) is 0.376. The zero-order valence-corrected chi connectivity index (χ0v) is 17.5. The van der Waals surface area contributed by atoms with Crippen molar-refractivity contribution in [2.45, 2.75) is 5.60 Å². The van der Waals surface area contributed by atoms with E-state index in [4.69, 9.17) is 19.3 Å². The molecule has 0 unspecified atom stereocenters. The van der Waals surface area contributed by atoms with Gasteiger partial charge in [-0.3, -0.25) is 0 Å². The largest absolute Gasteiger partial charge is 0.497 e. The summed E-state index contributed by atoms with van der Waals surface area (Å²) in [7, 11) is 3.32. The minimum atomic E-state index is -0.805. The normalized spacial score (nSPS) is 11.3. The van der Waals surface area contributed by atoms with Gasteiger partial charge in [-0.15, -0.1) is 0 Å². The van der Waals surface area contributed by atoms with Gasteiger partial charge in [0.1, 0.15) is 17.1 Å². The highest BCUT2D eigenvalue weighted by Crippen LogP contribution is 2.41. The molecule has 0 aliphatic heterocycles. The van der Waals surface area contributed by atoms with Crippen molar-refractivity contribution in [3.63, 3.8) is 0 Å². The number of hydrogen-bond acceptors (Lipinski definition) is 5. The predicted octanol–water partition coefficient (Wildman–Crippen LogP) is 3.59. The monoisotopic (exact) mass is 407 g/mol. The molecule has 3 aromatic carbocycles. The maximum atomic E-state index is 9.03. The fourth-order valence-corrected chi connectivity index (χ4v) is 3.55. The van der Waals surface area contributed by atoms with Gasteiger partial charge >= 0.3 is 0 Å². The second kappa shape index (κ2) is 10.8. The Labute approximate surface area is 178 Å². The SMILES string of the molecule is COc1ccc(C(OCCNCCO)(c2ccccc2)c2ccc(OC)cc2)cc1. The smallest absolute Gasteiger partial charge is 0.143 e. The van der Waals surface area contributed by atoms with E-state index in [9.17, 15) is 0 Å². The van der Waals surface area contributed by atoms with E-state index in [0.717, 1.165) is 28.2 Å². The molecule has 3 aromatic rings. The van der Waals surface area contributed by atoms with Gasteiger partial charge in [0.25, 0.3) is 0 Å². The van der Waals surface area contributed by atoms with Crippen LogP contribution in [0.15, 0.2) is 78.9 Å². The highest BCUT2D eigenvalue weighted by molar-refractivity contribution is 5.49. The van der Waals surface area contributed by atoms with E-state index in [1.807, 2.05) is 66.7 Å². The third-order valence-electron chi connectivity index (χ3n) is 5.06. The van der Waals surface area contributed by atoms with E-state index in [1.165, 1.54) is 0 Å². The van der Waals surface area contributed by atoms with Crippen molar-refractivity contribution in [2.24, 2.45) is 0 Å². The molecule has 3 rings (SSSR count). The summed E-state index contributed by atoms with van der Waals surface area (Å²) in [5, 5.41) is 12.2. The fourth-order valence-electron chi connectivity index (χ4n) is 3.55. The summed E-state index contributed by atoms with van der Waals surface area (Å²) in [5.41, 5.74) is 2.23. The van der Waals surface area contributed by atoms with Gasteiger partial charge in [-0.2, -0.15) is 0 Å². The maximum absolute atomic E-state index is 9.03. The van der Waals surface area contributed by atoms with Crippen LogP contribution in [0.25, 0.3) is 0 Å². The molecular weight excluding hydrogens is 378 g/mol. The Morgan fingerprint density at radius 1 is 0.700 bits per heavy atom. The molecule has 0 aromatic heterocycles. The lowest BCUT2D eigenvalue weighted by molar-refractivity contribution is 0.0146. The number of nitrogens with one attached hydrogen (secondary N) is 1. The molecule has 0 fully saturated rings. The van der Waals surface area contributed by atoms with Crippen LogP contribution in [0.1, 0.15) is 16.7 Å². The van der Waals surface area contributed by atoms with E-state index >= 15 is 0 Å². The molecule has 0 spiro atoms. The van der Waals surface area contributed by atoms with Gasteiger partial charge in [0.15, 0.2) is 0 Å². The molecule has 5 nitrogen and oxygen atoms in total. The van der Waals surface area contributed by atoms with E-state index < -0.39 is 5.60 Å². The van der Waals surface area contributed by atoms with Crippen molar-refractivity contribution in [1.82, 2.24) is 5.32 Å². The molecule has 30 heavy (non-hydrogen) atoms. The summed E-state index contributed by atoms with van der Waals surface area (Å²) in [4.78, 5) is 0. The molecular formula is C25H29NO4. The molecule has 0 heterocycles. The first kappa shape index (κ1) is 21.8. The molecule has 5 heteroatoms. The van der Waals surface area contributed by atoms with Crippen molar-refractivity contribution in [3.05, 3.63) is 95.6 Å². The number of ether oxygens (including phenoxy) is 3. The summed E-state index contributed by atoms with van der Waals surface area (Å²) in [5.74, 6) is 1.58. The van der Waals surface area contributed by atoms with E-state index in [-0.39, 0.29) is 6.61 Å². The number of methoxy groups -OCH3 is 2. The zero-order valence-electron chi connectivity index (χ0n) is 17.5. The molecule has 0 aliphatic carbocycles. The van der Waals surface area contributed by atoms with Gasteiger partial charge in [-0.1, -0.05) is 54.6 Å². The molecule has 2 N–H and O–H groups in total. The van der Waals surface area contributed by atoms with Crippen LogP contribution >= 0.6 is 0 Å². The Balaban J connectivity index is 2.10. The average Bonchev–Trinajstić information content (AvgIpc) is 2.82. The minimum Gasteiger partial charge on any atom is -0.497 e. The molecule has 0 atom stereocenters. The predicted molar refractivity (Wildman–Crippen MR) is 118 cm³/mol. The topological polar surface area (TPSA) is 60.0 Å². The highest BCUT2D eigenvalue weighted by Gasteiger charge is 2.37. The Hall–Kier alpha value is -2.86. The van der Waals surface area contributed by atoms with Crippen LogP contribution in [0, 0.1) is 0 Å². The van der Waals surface area contributed by atoms with Crippen LogP contribution in [0.3, 0.4) is 0 Å². The first-order chi connectivity index (χ1) is 14.7. The van der Waals surface area contributed by atoms with E-state index in [1.54, 1.807) is 14.2 Å². The Kier molecular flexibility index (Phi) is 7.85. The lowest BCUT2D eigenvalue weighted by atomic mass is 9.80. The van der Waals surface area contributed by atoms with Gasteiger partial charge in [-0.05, 0) is 41.0 Å². The molecule has 0 saturated carbocycles. The molecule has 0 saturated heterocycles. The Bertz CT molecular complexity index is 832. The van der Waals surface area contributed by atoms with Crippen molar-refractivity contribution >= 4 is 0 Å². The van der Waals surface area contributed by atoms with Crippen molar-refractivity contribution in [2.75, 3.05) is 40.5 Å². The fraction of sp³-hybridized carbons (Fsp3) is 0.280. The van der Waals surface area contributed by atoms with Crippen LogP contribution in [0.4, 0.5) is 0 Å². The number of aliphatic hydroxyl groups excluding tert-OH is 1. The van der Waals surface area contributed by atoms with Crippen LogP contribution < -0.4 is 14.8 Å². The Morgan fingerprint density at radius 2 is 1.20 bits per heavy atom. The van der Waals surface area contributed by atoms with Crippen LogP contribution in [0.5, 0.6) is 11.5 Å². The lowest BCUT2D eigenvalue weighted by Gasteiger charge is -2.36. The molecule has 0 amide bonds. The van der Waals surface area contributed by atoms with Gasteiger partial charge in [0.05, 0.1) is 27.4 Å². The van der Waals surface area contributed by atoms with Gasteiger partial charge in [-0.25, -0.2) is 0 Å². The van der Waals surface area contributed by atoms with E-state index in [0.29, 0.717) is 19.7 Å². The van der Waals surface area contributed by atoms with Crippen LogP contribution in [-0.4, -0.2) is 45.6 Å². The summed E-state index contributed by atoms with van der Waals surface area (Å²) >= 11 is 0. The summed E-state index contributed by atoms with van der Waals surface area (Å²) in [6.07, 6.45) is 0. The summed E-state index contributed by atoms with van der Waals surface area (Å²) in [6.45, 7) is 1.72. The van der Waals surface area contributed by atoms with Crippen molar-refractivity contribution < 1.29 is 19.3 Å². The summed E-state index contributed by atoms with van der Waals surface area (Å²) < 4.78 is 17.4. The molecule has 0 bridgehead atoms. The third kappa shape index (κ3) is 4.82. The number of aliphatic hydroxyl groups is 1. The lowest BCUT2D eigenvalue weighted by Crippen LogP contribution is -2.35. The van der Waals surface area contributed by atoms with Gasteiger partial charge in [0, 0.05) is 13.1 Å². The maximum Gasteiger partial charge on any atom is 0.143 e. The Morgan fingerprint density at radius 3 is 1.67 bits per heavy atom. The van der Waals surface area contributed by atoms with Crippen LogP contribution in [-0.2, 0) is 10.3 Å². The van der Waals surface area contributed by atoms with Crippen molar-refractivity contribution in [3.8, 4) is 11.5 Å². The second-order valence-electron chi connectivity index (χ2n) is 6.83. The number of benzene rings is 3. The van der Waals surface area contributed by atoms with E-state index in [2.05, 4.69) is 17.4 Å². The van der Waals surface area contributed by atoms with Gasteiger partial charge in [0.2, 0.25) is 0 Å². The zero-order chi connectivity index (χ0) is 21.2. The first-order valence-electron chi connectivity index (χ1n) is 10.0. The molecule has 0 radical (unpaired) electrons. The number of hydrogen-bond donors (Lipinski definition) is 2. The molecule has 0 aliphatic rings. The highest BCUT2D eigenvalue weighted by atomic mass is 16.5. The standard InChI is InChI=1S/C25H29NO4/c1-28-23-12-8-21(9-13-23)25(20-6-4-3-5-7-20,30-19-17-26-16-18-27)22-10-14-24(29-2)15-11-22/h3-15,26-27H,16-19H2,1-2H3. The third-order valence-corrected chi connectivity index (χ3v) is 5.06. The van der Waals surface area contributed by atoms with Crippen molar-refractivity contribution in [1.29, 1.82) is 0 Å². The second-order valence-corrected chi connectivity index (χ2v) is 6.83. The molecule has 158 valence electrons. The average molecular weight is 408 g/mol. The van der Waals surface area contributed by atoms with Gasteiger partial charge < -0.3 is 24.6 Å². The number of rotatable bonds is 11. The van der Waals surface area contributed by atoms with Crippen LogP contribution in [0.2, 0.25) is 0 Å². The minimum absolute atomic E-state index is 0.0980.